The number of benzene rings is 1. The topological polar surface area (TPSA) is 75.6 Å². The zero-order chi connectivity index (χ0) is 17.0. The van der Waals surface area contributed by atoms with Crippen molar-refractivity contribution in [2.45, 2.75) is 19.0 Å². The molecule has 0 radical (unpaired) electrons. The Morgan fingerprint density at radius 3 is 2.52 bits per heavy atom. The first-order valence-corrected chi connectivity index (χ1v) is 7.09. The van der Waals surface area contributed by atoms with Crippen molar-refractivity contribution in [3.63, 3.8) is 0 Å². The normalized spacial score (nSPS) is 20.5. The Labute approximate surface area is 130 Å². The largest absolute Gasteiger partial charge is 0.492 e. The molecule has 2 atom stereocenters. The van der Waals surface area contributed by atoms with Crippen LogP contribution in [0.25, 0.3) is 0 Å². The summed E-state index contributed by atoms with van der Waals surface area (Å²) in [5, 5.41) is 11.4. The molecule has 0 spiro atoms. The van der Waals surface area contributed by atoms with E-state index in [0.717, 1.165) is 12.1 Å². The molecule has 2 unspecified atom stereocenters. The van der Waals surface area contributed by atoms with E-state index in [1.54, 1.807) is 0 Å². The van der Waals surface area contributed by atoms with Gasteiger partial charge in [-0.15, -0.1) is 0 Å². The van der Waals surface area contributed by atoms with Gasteiger partial charge in [0, 0.05) is 0 Å². The van der Waals surface area contributed by atoms with Gasteiger partial charge in [0.15, 0.2) is 0 Å². The molecule has 1 aliphatic rings. The highest BCUT2D eigenvalue weighted by Gasteiger charge is 2.41. The lowest BCUT2D eigenvalue weighted by Gasteiger charge is -2.31. The molecule has 2 rings (SSSR count). The van der Waals surface area contributed by atoms with Crippen molar-refractivity contribution in [2.24, 2.45) is 11.8 Å². The number of carboxylic acids is 1. The predicted molar refractivity (Wildman–Crippen MR) is 73.8 cm³/mol. The number of carboxylic acid groups (broad SMARTS) is 1. The standard InChI is InChI=1S/C15H16F3NO4/c16-15(17,18)9-2-1-3-10(8-9)23-7-6-19-13(20)11-4-5-12(11)14(21)22/h1-3,8,11-12H,4-7H2,(H,19,20)(H,21,22). The number of alkyl halides is 3. The number of nitrogens with one attached hydrogen (secondary N) is 1. The van der Waals surface area contributed by atoms with E-state index < -0.39 is 29.5 Å². The summed E-state index contributed by atoms with van der Waals surface area (Å²) in [5.41, 5.74) is -0.808. The van der Waals surface area contributed by atoms with Crippen molar-refractivity contribution < 1.29 is 32.6 Å². The Kier molecular flexibility index (Phi) is 5.12. The second-order valence-electron chi connectivity index (χ2n) is 5.29. The van der Waals surface area contributed by atoms with Crippen molar-refractivity contribution in [3.05, 3.63) is 29.8 Å². The first kappa shape index (κ1) is 17.1. The molecule has 0 aromatic heterocycles. The van der Waals surface area contributed by atoms with Crippen molar-refractivity contribution in [1.82, 2.24) is 5.32 Å². The van der Waals surface area contributed by atoms with E-state index in [9.17, 15) is 22.8 Å². The van der Waals surface area contributed by atoms with Gasteiger partial charge in [0.05, 0.1) is 23.9 Å². The van der Waals surface area contributed by atoms with Crippen LogP contribution in [0.5, 0.6) is 5.75 Å². The molecule has 0 aliphatic heterocycles. The molecule has 23 heavy (non-hydrogen) atoms. The average molecular weight is 331 g/mol. The first-order valence-electron chi connectivity index (χ1n) is 7.09. The maximum atomic E-state index is 12.5. The number of carbonyl (C=O) groups excluding carboxylic acids is 1. The van der Waals surface area contributed by atoms with Gasteiger partial charge in [0.1, 0.15) is 12.4 Å². The minimum atomic E-state index is -4.44. The zero-order valence-electron chi connectivity index (χ0n) is 12.1. The highest BCUT2D eigenvalue weighted by atomic mass is 19.4. The van der Waals surface area contributed by atoms with Crippen molar-refractivity contribution in [2.75, 3.05) is 13.2 Å². The van der Waals surface area contributed by atoms with Crippen LogP contribution in [0.4, 0.5) is 13.2 Å². The maximum absolute atomic E-state index is 12.5. The second kappa shape index (κ2) is 6.89. The maximum Gasteiger partial charge on any atom is 0.416 e. The highest BCUT2D eigenvalue weighted by Crippen LogP contribution is 2.34. The van der Waals surface area contributed by atoms with Gasteiger partial charge in [-0.1, -0.05) is 6.07 Å². The fourth-order valence-electron chi connectivity index (χ4n) is 2.35. The van der Waals surface area contributed by atoms with Crippen LogP contribution in [0.2, 0.25) is 0 Å². The summed E-state index contributed by atoms with van der Waals surface area (Å²) in [5.74, 6) is -2.49. The van der Waals surface area contributed by atoms with Crippen LogP contribution in [-0.4, -0.2) is 30.1 Å². The molecule has 1 saturated carbocycles. The quantitative estimate of drug-likeness (QED) is 0.785. The molecular weight excluding hydrogens is 315 g/mol. The summed E-state index contributed by atoms with van der Waals surface area (Å²) in [7, 11) is 0. The molecule has 0 heterocycles. The number of rotatable bonds is 6. The number of ether oxygens (including phenoxy) is 1. The van der Waals surface area contributed by atoms with Gasteiger partial charge in [0.2, 0.25) is 5.91 Å². The lowest BCUT2D eigenvalue weighted by Crippen LogP contribution is -2.44. The van der Waals surface area contributed by atoms with E-state index >= 15 is 0 Å². The van der Waals surface area contributed by atoms with Crippen LogP contribution in [0.15, 0.2) is 24.3 Å². The van der Waals surface area contributed by atoms with E-state index in [2.05, 4.69) is 5.32 Å². The summed E-state index contributed by atoms with van der Waals surface area (Å²) in [6.45, 7) is 0.0927. The zero-order valence-corrected chi connectivity index (χ0v) is 12.1. The third-order valence-electron chi connectivity index (χ3n) is 3.76. The van der Waals surface area contributed by atoms with Gasteiger partial charge < -0.3 is 15.2 Å². The van der Waals surface area contributed by atoms with E-state index in [1.165, 1.54) is 12.1 Å². The second-order valence-corrected chi connectivity index (χ2v) is 5.29. The Morgan fingerprint density at radius 2 is 1.96 bits per heavy atom. The molecule has 1 aromatic rings. The molecule has 0 bridgehead atoms. The first-order chi connectivity index (χ1) is 10.8. The Balaban J connectivity index is 1.76. The van der Waals surface area contributed by atoms with Crippen LogP contribution >= 0.6 is 0 Å². The molecular formula is C15H16F3NO4. The summed E-state index contributed by atoms with van der Waals surface area (Å²) in [6, 6.07) is 4.46. The van der Waals surface area contributed by atoms with Gasteiger partial charge in [-0.3, -0.25) is 9.59 Å². The molecule has 126 valence electrons. The summed E-state index contributed by atoms with van der Waals surface area (Å²) < 4.78 is 42.8. The highest BCUT2D eigenvalue weighted by molar-refractivity contribution is 5.86. The minimum absolute atomic E-state index is 0.00247. The van der Waals surface area contributed by atoms with E-state index in [4.69, 9.17) is 9.84 Å². The Bertz CT molecular complexity index is 588. The average Bonchev–Trinajstić information content (AvgIpc) is 2.41. The molecule has 1 fully saturated rings. The van der Waals surface area contributed by atoms with Crippen molar-refractivity contribution in [3.8, 4) is 5.75 Å². The number of carbonyl (C=O) groups is 2. The third-order valence-corrected chi connectivity index (χ3v) is 3.76. The van der Waals surface area contributed by atoms with Gasteiger partial charge in [0.25, 0.3) is 0 Å². The summed E-state index contributed by atoms with van der Waals surface area (Å²) in [4.78, 5) is 22.6. The Hall–Kier alpha value is -2.25. The molecule has 2 N–H and O–H groups in total. The van der Waals surface area contributed by atoms with Crippen molar-refractivity contribution in [1.29, 1.82) is 0 Å². The molecule has 5 nitrogen and oxygen atoms in total. The monoisotopic (exact) mass is 331 g/mol. The van der Waals surface area contributed by atoms with E-state index in [0.29, 0.717) is 12.8 Å². The number of hydrogen-bond acceptors (Lipinski definition) is 3. The fourth-order valence-corrected chi connectivity index (χ4v) is 2.35. The number of halogens is 3. The SMILES string of the molecule is O=C(O)C1CCC1C(=O)NCCOc1cccc(C(F)(F)F)c1. The van der Waals surface area contributed by atoms with Gasteiger partial charge in [-0.05, 0) is 31.0 Å². The van der Waals surface area contributed by atoms with Crippen LogP contribution in [0, 0.1) is 11.8 Å². The predicted octanol–water partition coefficient (Wildman–Crippen LogP) is 2.31. The fraction of sp³-hybridized carbons (Fsp3) is 0.467. The molecule has 1 amide bonds. The third kappa shape index (κ3) is 4.37. The van der Waals surface area contributed by atoms with Crippen molar-refractivity contribution >= 4 is 11.9 Å². The van der Waals surface area contributed by atoms with Crippen LogP contribution in [0.3, 0.4) is 0 Å². The number of aliphatic carboxylic acids is 1. The minimum Gasteiger partial charge on any atom is -0.492 e. The lowest BCUT2D eigenvalue weighted by molar-refractivity contribution is -0.152. The van der Waals surface area contributed by atoms with Crippen LogP contribution in [-0.2, 0) is 15.8 Å². The number of amides is 1. The van der Waals surface area contributed by atoms with E-state index in [1.807, 2.05) is 0 Å². The van der Waals surface area contributed by atoms with Gasteiger partial charge >= 0.3 is 12.1 Å². The smallest absolute Gasteiger partial charge is 0.416 e. The molecule has 1 aromatic carbocycles. The van der Waals surface area contributed by atoms with Gasteiger partial charge in [-0.2, -0.15) is 13.2 Å². The summed E-state index contributed by atoms with van der Waals surface area (Å²) in [6.07, 6.45) is -3.44. The van der Waals surface area contributed by atoms with Gasteiger partial charge in [-0.25, -0.2) is 0 Å². The lowest BCUT2D eigenvalue weighted by atomic mass is 9.73. The van der Waals surface area contributed by atoms with Crippen LogP contribution < -0.4 is 10.1 Å². The molecule has 0 saturated heterocycles. The van der Waals surface area contributed by atoms with E-state index in [-0.39, 0.29) is 24.8 Å². The summed E-state index contributed by atoms with van der Waals surface area (Å²) >= 11 is 0. The Morgan fingerprint density at radius 1 is 1.26 bits per heavy atom. The molecule has 1 aliphatic carbocycles. The number of hydrogen-bond donors (Lipinski definition) is 2. The molecule has 8 heteroatoms. The van der Waals surface area contributed by atoms with Crippen LogP contribution in [0.1, 0.15) is 18.4 Å².